The maximum atomic E-state index is 6.04. The molecule has 2 heteroatoms. The molecule has 0 aliphatic heterocycles. The molecule has 0 spiro atoms. The van der Waals surface area contributed by atoms with Gasteiger partial charge in [0.1, 0.15) is 0 Å². The third-order valence-electron chi connectivity index (χ3n) is 2.31. The summed E-state index contributed by atoms with van der Waals surface area (Å²) in [4.78, 5) is 0. The van der Waals surface area contributed by atoms with Crippen LogP contribution in [0.4, 0.5) is 0 Å². The van der Waals surface area contributed by atoms with Gasteiger partial charge in [0.15, 0.2) is 0 Å². The van der Waals surface area contributed by atoms with Crippen molar-refractivity contribution in [2.45, 2.75) is 58.5 Å². The van der Waals surface area contributed by atoms with Gasteiger partial charge < -0.3 is 11.1 Å². The Morgan fingerprint density at radius 1 is 1.25 bits per heavy atom. The number of nitrogens with two attached hydrogens (primary N) is 1. The van der Waals surface area contributed by atoms with Crippen molar-refractivity contribution in [3.63, 3.8) is 0 Å². The lowest BCUT2D eigenvalue weighted by Gasteiger charge is -2.23. The van der Waals surface area contributed by atoms with Crippen LogP contribution in [0.1, 0.15) is 46.5 Å². The van der Waals surface area contributed by atoms with Gasteiger partial charge in [-0.05, 0) is 19.4 Å². The number of rotatable bonds is 7. The summed E-state index contributed by atoms with van der Waals surface area (Å²) in [5.74, 6) is 0. The number of unbranched alkanes of at least 4 members (excludes halogenated alkanes) is 1. The van der Waals surface area contributed by atoms with Crippen LogP contribution < -0.4 is 11.1 Å². The fraction of sp³-hybridized carbons (Fsp3) is 1.00. The van der Waals surface area contributed by atoms with Gasteiger partial charge in [0.2, 0.25) is 0 Å². The van der Waals surface area contributed by atoms with Crippen molar-refractivity contribution < 1.29 is 0 Å². The highest BCUT2D eigenvalue weighted by Gasteiger charge is 2.13. The van der Waals surface area contributed by atoms with Crippen LogP contribution in [0, 0.1) is 0 Å². The normalized spacial score (nSPS) is 16.0. The number of likely N-dealkylation sites (N-methyl/N-ethyl adjacent to an activating group) is 1. The zero-order valence-corrected chi connectivity index (χ0v) is 8.77. The summed E-state index contributed by atoms with van der Waals surface area (Å²) < 4.78 is 0. The molecular formula is C10H24N2. The first-order valence-electron chi connectivity index (χ1n) is 5.25. The van der Waals surface area contributed by atoms with Gasteiger partial charge in [0.05, 0.1) is 0 Å². The smallest absolute Gasteiger partial charge is 0.0216 e. The molecule has 0 saturated heterocycles. The molecule has 3 N–H and O–H groups in total. The highest BCUT2D eigenvalue weighted by Crippen LogP contribution is 2.05. The highest BCUT2D eigenvalue weighted by atomic mass is 14.9. The highest BCUT2D eigenvalue weighted by molar-refractivity contribution is 4.77. The van der Waals surface area contributed by atoms with Crippen LogP contribution >= 0.6 is 0 Å². The van der Waals surface area contributed by atoms with Crippen LogP contribution in [0.5, 0.6) is 0 Å². The van der Waals surface area contributed by atoms with Crippen molar-refractivity contribution in [1.82, 2.24) is 5.32 Å². The zero-order chi connectivity index (χ0) is 9.40. The van der Waals surface area contributed by atoms with Gasteiger partial charge in [-0.3, -0.25) is 0 Å². The largest absolute Gasteiger partial charge is 0.326 e. The summed E-state index contributed by atoms with van der Waals surface area (Å²) in [5, 5.41) is 3.42. The van der Waals surface area contributed by atoms with Crippen molar-refractivity contribution in [3.05, 3.63) is 0 Å². The van der Waals surface area contributed by atoms with Crippen molar-refractivity contribution >= 4 is 0 Å². The second-order valence-electron chi connectivity index (χ2n) is 3.38. The minimum atomic E-state index is 0.342. The Hall–Kier alpha value is -0.0800. The van der Waals surface area contributed by atoms with E-state index in [2.05, 4.69) is 26.1 Å². The Morgan fingerprint density at radius 2 is 1.92 bits per heavy atom. The first-order valence-corrected chi connectivity index (χ1v) is 5.25. The maximum absolute atomic E-state index is 6.04. The van der Waals surface area contributed by atoms with E-state index >= 15 is 0 Å². The van der Waals surface area contributed by atoms with Crippen LogP contribution in [0.15, 0.2) is 0 Å². The predicted octanol–water partition coefficient (Wildman–Crippen LogP) is 1.89. The van der Waals surface area contributed by atoms with E-state index in [-0.39, 0.29) is 0 Å². The van der Waals surface area contributed by atoms with Crippen LogP contribution in [-0.2, 0) is 0 Å². The summed E-state index contributed by atoms with van der Waals surface area (Å²) in [6, 6.07) is 0.858. The first kappa shape index (κ1) is 11.9. The lowest BCUT2D eigenvalue weighted by atomic mass is 10.0. The average molecular weight is 172 g/mol. The maximum Gasteiger partial charge on any atom is 0.0216 e. The molecule has 1 unspecified atom stereocenters. The molecule has 0 fully saturated rings. The zero-order valence-electron chi connectivity index (χ0n) is 8.77. The molecule has 0 aromatic heterocycles. The van der Waals surface area contributed by atoms with E-state index in [4.69, 9.17) is 5.73 Å². The molecule has 0 saturated carbocycles. The summed E-state index contributed by atoms with van der Waals surface area (Å²) in [6.07, 6.45) is 4.79. The van der Waals surface area contributed by atoms with Crippen LogP contribution in [0.3, 0.4) is 0 Å². The van der Waals surface area contributed by atoms with E-state index in [1.807, 2.05) is 0 Å². The summed E-state index contributed by atoms with van der Waals surface area (Å²) in [5.41, 5.74) is 6.04. The first-order chi connectivity index (χ1) is 5.76. The molecule has 0 aromatic carbocycles. The molecule has 74 valence electrons. The standard InChI is InChI=1S/C10H24N2/c1-4-7-8-9(11)10(5-2)12-6-3/h9-10,12H,4-8,11H2,1-3H3/t9-,10?/m1/s1. The quantitative estimate of drug-likeness (QED) is 0.615. The van der Waals surface area contributed by atoms with Gasteiger partial charge in [0.25, 0.3) is 0 Å². The Bertz CT molecular complexity index is 93.8. The van der Waals surface area contributed by atoms with Gasteiger partial charge in [-0.2, -0.15) is 0 Å². The van der Waals surface area contributed by atoms with E-state index in [0.29, 0.717) is 12.1 Å². The summed E-state index contributed by atoms with van der Waals surface area (Å²) >= 11 is 0. The van der Waals surface area contributed by atoms with Gasteiger partial charge in [-0.15, -0.1) is 0 Å². The number of hydrogen-bond donors (Lipinski definition) is 2. The van der Waals surface area contributed by atoms with Crippen LogP contribution in [0.25, 0.3) is 0 Å². The minimum Gasteiger partial charge on any atom is -0.326 e. The summed E-state index contributed by atoms with van der Waals surface area (Å²) in [7, 11) is 0. The van der Waals surface area contributed by atoms with E-state index in [9.17, 15) is 0 Å². The molecule has 12 heavy (non-hydrogen) atoms. The number of nitrogens with one attached hydrogen (secondary N) is 1. The molecule has 2 atom stereocenters. The molecule has 0 heterocycles. The van der Waals surface area contributed by atoms with Crippen LogP contribution in [-0.4, -0.2) is 18.6 Å². The molecule has 0 rings (SSSR count). The lowest BCUT2D eigenvalue weighted by molar-refractivity contribution is 0.400. The number of hydrogen-bond acceptors (Lipinski definition) is 2. The molecule has 0 bridgehead atoms. The van der Waals surface area contributed by atoms with E-state index in [0.717, 1.165) is 19.4 Å². The Labute approximate surface area is 76.9 Å². The molecule has 0 aromatic rings. The fourth-order valence-corrected chi connectivity index (χ4v) is 1.50. The lowest BCUT2D eigenvalue weighted by Crippen LogP contribution is -2.44. The minimum absolute atomic E-state index is 0.342. The SMILES string of the molecule is CCCC[C@@H](N)C(CC)NCC. The Kier molecular flexibility index (Phi) is 7.51. The molecule has 0 aliphatic carbocycles. The van der Waals surface area contributed by atoms with Gasteiger partial charge >= 0.3 is 0 Å². The van der Waals surface area contributed by atoms with E-state index < -0.39 is 0 Å². The predicted molar refractivity (Wildman–Crippen MR) is 55.3 cm³/mol. The van der Waals surface area contributed by atoms with Crippen molar-refractivity contribution in [1.29, 1.82) is 0 Å². The van der Waals surface area contributed by atoms with Gasteiger partial charge in [0, 0.05) is 12.1 Å². The topological polar surface area (TPSA) is 38.0 Å². The van der Waals surface area contributed by atoms with Crippen molar-refractivity contribution in [3.8, 4) is 0 Å². The second kappa shape index (κ2) is 7.56. The second-order valence-corrected chi connectivity index (χ2v) is 3.38. The Morgan fingerprint density at radius 3 is 2.33 bits per heavy atom. The molecule has 0 amide bonds. The molecule has 2 nitrogen and oxygen atoms in total. The molecular weight excluding hydrogens is 148 g/mol. The summed E-state index contributed by atoms with van der Waals surface area (Å²) in [6.45, 7) is 7.56. The molecule has 0 aliphatic rings. The van der Waals surface area contributed by atoms with Gasteiger partial charge in [-0.1, -0.05) is 33.6 Å². The third-order valence-corrected chi connectivity index (χ3v) is 2.31. The third kappa shape index (κ3) is 4.73. The Balaban J connectivity index is 3.60. The van der Waals surface area contributed by atoms with Crippen molar-refractivity contribution in [2.24, 2.45) is 5.73 Å². The van der Waals surface area contributed by atoms with E-state index in [1.54, 1.807) is 0 Å². The van der Waals surface area contributed by atoms with Crippen LogP contribution in [0.2, 0.25) is 0 Å². The monoisotopic (exact) mass is 172 g/mol. The van der Waals surface area contributed by atoms with E-state index in [1.165, 1.54) is 12.8 Å². The average Bonchev–Trinajstić information content (AvgIpc) is 2.10. The van der Waals surface area contributed by atoms with Gasteiger partial charge in [-0.25, -0.2) is 0 Å². The van der Waals surface area contributed by atoms with Crippen molar-refractivity contribution in [2.75, 3.05) is 6.54 Å². The molecule has 0 radical (unpaired) electrons. The fourth-order valence-electron chi connectivity index (χ4n) is 1.50.